The highest BCUT2D eigenvalue weighted by molar-refractivity contribution is 6.99. The molecule has 37 heavy (non-hydrogen) atoms. The lowest BCUT2D eigenvalue weighted by atomic mass is 9.80. The van der Waals surface area contributed by atoms with Crippen molar-refractivity contribution in [2.45, 2.75) is 77.4 Å². The second-order valence-electron chi connectivity index (χ2n) is 11.6. The second-order valence-corrected chi connectivity index (χ2v) is 15.9. The molecule has 0 aliphatic carbocycles. The minimum absolute atomic E-state index is 0.229. The third-order valence-electron chi connectivity index (χ3n) is 7.78. The van der Waals surface area contributed by atoms with Crippen LogP contribution >= 0.6 is 0 Å². The van der Waals surface area contributed by atoms with Gasteiger partial charge >= 0.3 is 5.97 Å². The molecule has 1 unspecified atom stereocenters. The molecule has 0 amide bonds. The summed E-state index contributed by atoms with van der Waals surface area (Å²) in [5.41, 5.74) is -0.812. The van der Waals surface area contributed by atoms with Crippen molar-refractivity contribution in [3.8, 4) is 0 Å². The number of hydrogen-bond donors (Lipinski definition) is 0. The van der Waals surface area contributed by atoms with E-state index in [1.807, 2.05) is 26.0 Å². The maximum absolute atomic E-state index is 12.7. The summed E-state index contributed by atoms with van der Waals surface area (Å²) in [6.07, 6.45) is 0.877. The Bertz CT molecular complexity index is 1010. The Morgan fingerprint density at radius 1 is 1.00 bits per heavy atom. The quantitative estimate of drug-likeness (QED) is 0.272. The number of ether oxygens (including phenoxy) is 3. The summed E-state index contributed by atoms with van der Waals surface area (Å²) >= 11 is 0. The van der Waals surface area contributed by atoms with Crippen LogP contribution in [0.4, 0.5) is 0 Å². The summed E-state index contributed by atoms with van der Waals surface area (Å²) in [5.74, 6) is -2.46. The maximum atomic E-state index is 12.7. The molecule has 202 valence electrons. The number of methoxy groups -OCH3 is 2. The molecule has 7 heteroatoms. The van der Waals surface area contributed by atoms with E-state index in [1.165, 1.54) is 14.2 Å². The van der Waals surface area contributed by atoms with E-state index in [2.05, 4.69) is 69.3 Å². The molecule has 1 saturated heterocycles. The summed E-state index contributed by atoms with van der Waals surface area (Å²) in [6.45, 7) is 12.1. The van der Waals surface area contributed by atoms with Crippen LogP contribution in [0.1, 0.15) is 54.4 Å². The summed E-state index contributed by atoms with van der Waals surface area (Å²) in [6, 6.07) is 20.8. The molecule has 0 bridgehead atoms. The number of hydrogen-bond acceptors (Lipinski definition) is 6. The van der Waals surface area contributed by atoms with Gasteiger partial charge in [0.15, 0.2) is 5.79 Å². The first-order valence-electron chi connectivity index (χ1n) is 12.9. The van der Waals surface area contributed by atoms with E-state index in [4.69, 9.17) is 18.6 Å². The number of carbonyl (C=O) groups excluding carboxylic acids is 2. The normalized spacial score (nSPS) is 23.8. The molecule has 1 aliphatic rings. The molecule has 0 radical (unpaired) electrons. The van der Waals surface area contributed by atoms with Gasteiger partial charge in [0.1, 0.15) is 12.2 Å². The average Bonchev–Trinajstić information content (AvgIpc) is 2.90. The first-order valence-corrected chi connectivity index (χ1v) is 14.8. The van der Waals surface area contributed by atoms with Crippen molar-refractivity contribution in [1.82, 2.24) is 0 Å². The molecular formula is C30H42O6Si. The Hall–Kier alpha value is -2.32. The van der Waals surface area contributed by atoms with E-state index in [0.717, 1.165) is 16.7 Å². The lowest BCUT2D eigenvalue weighted by molar-refractivity contribution is -0.315. The van der Waals surface area contributed by atoms with Gasteiger partial charge in [-0.2, -0.15) is 0 Å². The van der Waals surface area contributed by atoms with Crippen molar-refractivity contribution >= 4 is 30.9 Å². The largest absolute Gasteiger partial charge is 0.469 e. The molecule has 1 fully saturated rings. The molecule has 1 heterocycles. The highest BCUT2D eigenvalue weighted by Gasteiger charge is 2.57. The molecule has 0 saturated carbocycles. The van der Waals surface area contributed by atoms with Gasteiger partial charge in [-0.05, 0) is 28.8 Å². The number of aldehydes is 1. The van der Waals surface area contributed by atoms with E-state index in [-0.39, 0.29) is 11.1 Å². The molecule has 0 spiro atoms. The molecule has 3 rings (SSSR count). The van der Waals surface area contributed by atoms with Crippen molar-refractivity contribution in [2.75, 3.05) is 14.2 Å². The van der Waals surface area contributed by atoms with E-state index >= 15 is 0 Å². The molecule has 0 aromatic heterocycles. The van der Waals surface area contributed by atoms with E-state index < -0.39 is 37.5 Å². The predicted molar refractivity (Wildman–Crippen MR) is 147 cm³/mol. The lowest BCUT2D eigenvalue weighted by Gasteiger charge is -2.52. The summed E-state index contributed by atoms with van der Waals surface area (Å²) in [4.78, 5) is 24.8. The third-order valence-corrected chi connectivity index (χ3v) is 12.9. The summed E-state index contributed by atoms with van der Waals surface area (Å²) in [5, 5.41) is 2.10. The van der Waals surface area contributed by atoms with Gasteiger partial charge in [-0.25, -0.2) is 0 Å². The Morgan fingerprint density at radius 2 is 1.51 bits per heavy atom. The van der Waals surface area contributed by atoms with Crippen LogP contribution < -0.4 is 10.4 Å². The van der Waals surface area contributed by atoms with Crippen LogP contribution in [-0.2, 0) is 28.2 Å². The van der Waals surface area contributed by atoms with Gasteiger partial charge in [-0.15, -0.1) is 0 Å². The van der Waals surface area contributed by atoms with E-state index in [9.17, 15) is 9.59 Å². The molecule has 6 nitrogen and oxygen atoms in total. The first kappa shape index (κ1) is 29.2. The van der Waals surface area contributed by atoms with Crippen LogP contribution in [0, 0.1) is 11.3 Å². The van der Waals surface area contributed by atoms with E-state index in [1.54, 1.807) is 6.92 Å². The topological polar surface area (TPSA) is 71.1 Å². The highest BCUT2D eigenvalue weighted by Crippen LogP contribution is 2.45. The molecule has 1 aliphatic heterocycles. The van der Waals surface area contributed by atoms with Crippen LogP contribution in [0.5, 0.6) is 0 Å². The van der Waals surface area contributed by atoms with Crippen LogP contribution in [0.3, 0.4) is 0 Å². The van der Waals surface area contributed by atoms with E-state index in [0.29, 0.717) is 12.8 Å². The third kappa shape index (κ3) is 5.60. The van der Waals surface area contributed by atoms with Gasteiger partial charge in [-0.1, -0.05) is 95.3 Å². The lowest BCUT2D eigenvalue weighted by Crippen LogP contribution is -2.69. The summed E-state index contributed by atoms with van der Waals surface area (Å²) in [7, 11) is -0.00411. The second kappa shape index (κ2) is 11.2. The minimum Gasteiger partial charge on any atom is -0.469 e. The van der Waals surface area contributed by atoms with Crippen LogP contribution in [0.2, 0.25) is 5.04 Å². The van der Waals surface area contributed by atoms with Crippen molar-refractivity contribution in [2.24, 2.45) is 11.3 Å². The smallest absolute Gasteiger partial charge is 0.313 e. The van der Waals surface area contributed by atoms with Gasteiger partial charge in [-0.3, -0.25) is 4.79 Å². The number of esters is 1. The standard InChI is InChI=1S/C30H42O6Si/c1-22(27(32)33-7)30(34-8)20-23(19-26(35-30)29(5,6)21-31)36-37(28(2,3)4,24-15-11-9-12-16-24)25-17-13-10-14-18-25/h9-18,21-23,26H,19-20H2,1-8H3/t22?,23-,26-,30+/m1/s1. The van der Waals surface area contributed by atoms with Crippen molar-refractivity contribution in [3.63, 3.8) is 0 Å². The van der Waals surface area contributed by atoms with Crippen molar-refractivity contribution in [3.05, 3.63) is 60.7 Å². The maximum Gasteiger partial charge on any atom is 0.313 e. The van der Waals surface area contributed by atoms with Crippen LogP contribution in [0.25, 0.3) is 0 Å². The van der Waals surface area contributed by atoms with Crippen LogP contribution in [0.15, 0.2) is 60.7 Å². The van der Waals surface area contributed by atoms with Gasteiger partial charge < -0.3 is 23.4 Å². The zero-order valence-electron chi connectivity index (χ0n) is 23.4. The monoisotopic (exact) mass is 526 g/mol. The zero-order valence-corrected chi connectivity index (χ0v) is 24.4. The first-order chi connectivity index (χ1) is 17.4. The number of carbonyl (C=O) groups is 2. The van der Waals surface area contributed by atoms with Gasteiger partial charge in [0.25, 0.3) is 8.32 Å². The molecular weight excluding hydrogens is 484 g/mol. The predicted octanol–water partition coefficient (Wildman–Crippen LogP) is 4.49. The highest BCUT2D eigenvalue weighted by atomic mass is 28.4. The molecule has 2 aromatic rings. The van der Waals surface area contributed by atoms with Gasteiger partial charge in [0, 0.05) is 18.9 Å². The fourth-order valence-corrected chi connectivity index (χ4v) is 10.2. The zero-order chi connectivity index (χ0) is 27.5. The molecule has 2 aromatic carbocycles. The molecule has 4 atom stereocenters. The minimum atomic E-state index is -2.90. The Morgan fingerprint density at radius 3 is 1.92 bits per heavy atom. The number of rotatable bonds is 9. The van der Waals surface area contributed by atoms with Gasteiger partial charge in [0.2, 0.25) is 0 Å². The number of benzene rings is 2. The SMILES string of the molecule is COC(=O)C(C)[C@]1(OC)C[C@H](O[Si](c2ccccc2)(c2ccccc2)C(C)(C)C)C[C@H](C(C)(C)C=O)O1. The van der Waals surface area contributed by atoms with Crippen molar-refractivity contribution < 1.29 is 28.2 Å². The fourth-order valence-electron chi connectivity index (χ4n) is 5.48. The fraction of sp³-hybridized carbons (Fsp3) is 0.533. The average molecular weight is 527 g/mol. The Kier molecular flexibility index (Phi) is 8.85. The summed E-state index contributed by atoms with van der Waals surface area (Å²) < 4.78 is 24.9. The Balaban J connectivity index is 2.20. The molecule has 0 N–H and O–H groups in total. The van der Waals surface area contributed by atoms with Crippen molar-refractivity contribution in [1.29, 1.82) is 0 Å². The van der Waals surface area contributed by atoms with Crippen LogP contribution in [-0.4, -0.2) is 52.8 Å². The van der Waals surface area contributed by atoms with Gasteiger partial charge in [0.05, 0.1) is 19.3 Å². The Labute approximate surface area is 222 Å².